The molecule has 4 heteroatoms. The number of hydrogen-bond donors (Lipinski definition) is 1. The zero-order chi connectivity index (χ0) is 10.8. The Hall–Kier alpha value is -0.870. The van der Waals surface area contributed by atoms with Gasteiger partial charge in [0.15, 0.2) is 0 Å². The van der Waals surface area contributed by atoms with Crippen LogP contribution in [-0.2, 0) is 7.05 Å². The van der Waals surface area contributed by atoms with Gasteiger partial charge >= 0.3 is 0 Å². The molecule has 2 heterocycles. The Kier molecular flexibility index (Phi) is 3.07. The van der Waals surface area contributed by atoms with Gasteiger partial charge in [-0.2, -0.15) is 5.10 Å². The van der Waals surface area contributed by atoms with E-state index in [1.54, 1.807) is 10.9 Å². The van der Waals surface area contributed by atoms with Crippen LogP contribution < -0.4 is 0 Å². The second kappa shape index (κ2) is 4.33. The number of rotatable bonds is 2. The van der Waals surface area contributed by atoms with Crippen molar-refractivity contribution >= 4 is 0 Å². The van der Waals surface area contributed by atoms with Gasteiger partial charge in [0.1, 0.15) is 6.10 Å². The number of aromatic nitrogens is 2. The molecule has 1 aliphatic heterocycles. The molecule has 0 saturated carbocycles. The molecule has 15 heavy (non-hydrogen) atoms. The Balaban J connectivity index is 2.13. The minimum atomic E-state index is -0.414. The number of aliphatic hydroxyl groups is 1. The molecule has 2 atom stereocenters. The Morgan fingerprint density at radius 1 is 1.47 bits per heavy atom. The van der Waals surface area contributed by atoms with Gasteiger partial charge < -0.3 is 10.0 Å². The molecule has 0 radical (unpaired) electrons. The van der Waals surface area contributed by atoms with E-state index in [0.29, 0.717) is 0 Å². The number of hydrogen-bond acceptors (Lipinski definition) is 3. The molecule has 2 rings (SSSR count). The van der Waals surface area contributed by atoms with Crippen molar-refractivity contribution in [2.45, 2.75) is 31.4 Å². The van der Waals surface area contributed by atoms with Gasteiger partial charge in [0.25, 0.3) is 0 Å². The lowest BCUT2D eigenvalue weighted by atomic mass is 9.96. The number of aryl methyl sites for hydroxylation is 1. The summed E-state index contributed by atoms with van der Waals surface area (Å²) >= 11 is 0. The Morgan fingerprint density at radius 2 is 2.27 bits per heavy atom. The first kappa shape index (κ1) is 10.6. The summed E-state index contributed by atoms with van der Waals surface area (Å²) < 4.78 is 1.76. The van der Waals surface area contributed by atoms with Crippen LogP contribution >= 0.6 is 0 Å². The van der Waals surface area contributed by atoms with Crippen LogP contribution in [0.2, 0.25) is 0 Å². The quantitative estimate of drug-likeness (QED) is 0.788. The van der Waals surface area contributed by atoms with Crippen LogP contribution in [0.1, 0.15) is 31.1 Å². The van der Waals surface area contributed by atoms with Gasteiger partial charge in [0.05, 0.1) is 5.69 Å². The van der Waals surface area contributed by atoms with E-state index in [1.807, 2.05) is 13.1 Å². The van der Waals surface area contributed by atoms with E-state index in [9.17, 15) is 5.11 Å². The zero-order valence-electron chi connectivity index (χ0n) is 9.43. The Morgan fingerprint density at radius 3 is 2.87 bits per heavy atom. The summed E-state index contributed by atoms with van der Waals surface area (Å²) in [4.78, 5) is 2.25. The third-order valence-corrected chi connectivity index (χ3v) is 3.35. The zero-order valence-corrected chi connectivity index (χ0v) is 9.43. The average molecular weight is 209 g/mol. The molecule has 1 N–H and O–H groups in total. The molecule has 0 spiro atoms. The number of piperidine rings is 1. The minimum absolute atomic E-state index is 0.245. The molecular weight excluding hydrogens is 190 g/mol. The highest BCUT2D eigenvalue weighted by Gasteiger charge is 2.28. The maximum Gasteiger partial charge on any atom is 0.111 e. The highest BCUT2D eigenvalue weighted by molar-refractivity contribution is 5.07. The second-order valence-corrected chi connectivity index (χ2v) is 4.37. The van der Waals surface area contributed by atoms with Gasteiger partial charge in [0.2, 0.25) is 0 Å². The van der Waals surface area contributed by atoms with Crippen LogP contribution in [0.5, 0.6) is 0 Å². The monoisotopic (exact) mass is 209 g/mol. The minimum Gasteiger partial charge on any atom is -0.385 e. The fourth-order valence-corrected chi connectivity index (χ4v) is 2.37. The van der Waals surface area contributed by atoms with Gasteiger partial charge in [-0.05, 0) is 32.5 Å². The molecular formula is C11H19N3O. The van der Waals surface area contributed by atoms with E-state index >= 15 is 0 Å². The molecule has 1 saturated heterocycles. The molecule has 4 nitrogen and oxygen atoms in total. The average Bonchev–Trinajstić information content (AvgIpc) is 2.64. The first-order valence-corrected chi connectivity index (χ1v) is 5.56. The lowest BCUT2D eigenvalue weighted by Crippen LogP contribution is -2.41. The summed E-state index contributed by atoms with van der Waals surface area (Å²) in [5.41, 5.74) is 0.911. The smallest absolute Gasteiger partial charge is 0.111 e. The normalized spacial score (nSPS) is 25.4. The topological polar surface area (TPSA) is 41.3 Å². The van der Waals surface area contributed by atoms with Crippen molar-refractivity contribution < 1.29 is 5.11 Å². The molecule has 0 aliphatic carbocycles. The fraction of sp³-hybridized carbons (Fsp3) is 0.727. The highest BCUT2D eigenvalue weighted by atomic mass is 16.3. The highest BCUT2D eigenvalue weighted by Crippen LogP contribution is 2.26. The Labute approximate surface area is 90.5 Å². The van der Waals surface area contributed by atoms with Crippen LogP contribution in [0.3, 0.4) is 0 Å². The van der Waals surface area contributed by atoms with Crippen LogP contribution in [0.4, 0.5) is 0 Å². The van der Waals surface area contributed by atoms with Crippen molar-refractivity contribution in [1.29, 1.82) is 0 Å². The van der Waals surface area contributed by atoms with Gasteiger partial charge in [-0.3, -0.25) is 4.68 Å². The first-order valence-electron chi connectivity index (χ1n) is 5.56. The number of nitrogens with zero attached hydrogens (tertiary/aromatic N) is 3. The molecule has 0 bridgehead atoms. The summed E-state index contributed by atoms with van der Waals surface area (Å²) in [6, 6.07) is 2.14. The molecule has 0 aromatic carbocycles. The van der Waals surface area contributed by atoms with Gasteiger partial charge in [-0.25, -0.2) is 0 Å². The molecule has 1 aromatic heterocycles. The lowest BCUT2D eigenvalue weighted by Gasteiger charge is -2.35. The van der Waals surface area contributed by atoms with Crippen LogP contribution in [-0.4, -0.2) is 39.4 Å². The van der Waals surface area contributed by atoms with E-state index in [-0.39, 0.29) is 6.04 Å². The summed E-state index contributed by atoms with van der Waals surface area (Å²) in [6.45, 7) is 1.08. The molecule has 1 aromatic rings. The van der Waals surface area contributed by atoms with Crippen molar-refractivity contribution in [3.8, 4) is 0 Å². The maximum absolute atomic E-state index is 10.3. The Bertz CT molecular complexity index is 323. The van der Waals surface area contributed by atoms with E-state index < -0.39 is 6.10 Å². The van der Waals surface area contributed by atoms with E-state index in [1.165, 1.54) is 12.8 Å². The molecule has 1 aliphatic rings. The van der Waals surface area contributed by atoms with E-state index in [2.05, 4.69) is 17.0 Å². The third kappa shape index (κ3) is 2.06. The van der Waals surface area contributed by atoms with Gasteiger partial charge in [-0.15, -0.1) is 0 Å². The van der Waals surface area contributed by atoms with Crippen LogP contribution in [0.15, 0.2) is 12.3 Å². The number of likely N-dealkylation sites (N-methyl/N-ethyl adjacent to an activating group) is 1. The van der Waals surface area contributed by atoms with Crippen LogP contribution in [0, 0.1) is 0 Å². The summed E-state index contributed by atoms with van der Waals surface area (Å²) in [7, 11) is 3.96. The van der Waals surface area contributed by atoms with Gasteiger partial charge in [0, 0.05) is 19.3 Å². The predicted molar refractivity (Wildman–Crippen MR) is 58.4 cm³/mol. The van der Waals surface area contributed by atoms with E-state index in [0.717, 1.165) is 18.7 Å². The first-order chi connectivity index (χ1) is 7.20. The number of aliphatic hydroxyl groups excluding tert-OH is 1. The third-order valence-electron chi connectivity index (χ3n) is 3.35. The van der Waals surface area contributed by atoms with Gasteiger partial charge in [-0.1, -0.05) is 6.42 Å². The summed E-state index contributed by atoms with van der Waals surface area (Å²) in [5.74, 6) is 0. The summed E-state index contributed by atoms with van der Waals surface area (Å²) in [6.07, 6.45) is 4.85. The largest absolute Gasteiger partial charge is 0.385 e. The molecule has 0 amide bonds. The van der Waals surface area contributed by atoms with Crippen molar-refractivity contribution in [1.82, 2.24) is 14.7 Å². The van der Waals surface area contributed by atoms with E-state index in [4.69, 9.17) is 0 Å². The number of likely N-dealkylation sites (tertiary alicyclic amines) is 1. The lowest BCUT2D eigenvalue weighted by molar-refractivity contribution is 0.0354. The predicted octanol–water partition coefficient (Wildman–Crippen LogP) is 0.938. The summed E-state index contributed by atoms with van der Waals surface area (Å²) in [5, 5.41) is 14.4. The van der Waals surface area contributed by atoms with Crippen molar-refractivity contribution in [3.05, 3.63) is 18.0 Å². The maximum atomic E-state index is 10.3. The standard InChI is InChI=1S/C11H19N3O/c1-13-8-4-3-5-9(13)11(15)10-6-7-12-14(10)2/h6-7,9,11,15H,3-5,8H2,1-2H3/t9-,11+/m0/s1. The van der Waals surface area contributed by atoms with Crippen molar-refractivity contribution in [2.75, 3.05) is 13.6 Å². The molecule has 1 fully saturated rings. The molecule has 84 valence electrons. The molecule has 0 unspecified atom stereocenters. The SMILES string of the molecule is CN1CCCC[C@H]1[C@@H](O)c1ccnn1C. The second-order valence-electron chi connectivity index (χ2n) is 4.37. The van der Waals surface area contributed by atoms with Crippen LogP contribution in [0.25, 0.3) is 0 Å². The fourth-order valence-electron chi connectivity index (χ4n) is 2.37. The van der Waals surface area contributed by atoms with Crippen molar-refractivity contribution in [2.24, 2.45) is 7.05 Å². The van der Waals surface area contributed by atoms with Crippen molar-refractivity contribution in [3.63, 3.8) is 0 Å².